The number of hydrogen-bond acceptors (Lipinski definition) is 4. The molecule has 0 bridgehead atoms. The normalized spacial score (nSPS) is 30.9. The SMILES string of the molecule is C1CNCC(CCOCN2CCC3(CCCO3)CC2)C1. The molecule has 1 unspecified atom stereocenters. The molecule has 3 aliphatic rings. The van der Waals surface area contributed by atoms with E-state index in [0.717, 1.165) is 39.0 Å². The van der Waals surface area contributed by atoms with Crippen LogP contribution in [0.1, 0.15) is 44.9 Å². The number of nitrogens with zero attached hydrogens (tertiary/aromatic N) is 1. The van der Waals surface area contributed by atoms with Crippen LogP contribution in [-0.2, 0) is 9.47 Å². The van der Waals surface area contributed by atoms with Crippen molar-refractivity contribution in [1.29, 1.82) is 0 Å². The number of hydrogen-bond donors (Lipinski definition) is 1. The number of likely N-dealkylation sites (tertiary alicyclic amines) is 1. The molecule has 116 valence electrons. The molecular weight excluding hydrogens is 252 g/mol. The van der Waals surface area contributed by atoms with Crippen molar-refractivity contribution in [3.05, 3.63) is 0 Å². The molecule has 0 saturated carbocycles. The molecule has 3 heterocycles. The van der Waals surface area contributed by atoms with E-state index in [1.54, 1.807) is 0 Å². The minimum absolute atomic E-state index is 0.240. The smallest absolute Gasteiger partial charge is 0.0990 e. The molecule has 0 amide bonds. The highest BCUT2D eigenvalue weighted by molar-refractivity contribution is 4.90. The number of ether oxygens (including phenoxy) is 2. The van der Waals surface area contributed by atoms with Crippen molar-refractivity contribution in [2.45, 2.75) is 50.5 Å². The van der Waals surface area contributed by atoms with Gasteiger partial charge in [0.05, 0.1) is 12.3 Å². The highest BCUT2D eigenvalue weighted by Crippen LogP contribution is 2.35. The van der Waals surface area contributed by atoms with Gasteiger partial charge in [0.1, 0.15) is 0 Å². The molecule has 0 aromatic rings. The van der Waals surface area contributed by atoms with E-state index >= 15 is 0 Å². The third-order valence-electron chi connectivity index (χ3n) is 5.30. The lowest BCUT2D eigenvalue weighted by molar-refractivity contribution is -0.0687. The summed E-state index contributed by atoms with van der Waals surface area (Å²) in [6.45, 7) is 7.39. The van der Waals surface area contributed by atoms with E-state index in [0.29, 0.717) is 0 Å². The summed E-state index contributed by atoms with van der Waals surface area (Å²) in [5, 5.41) is 3.47. The Balaban J connectivity index is 1.26. The van der Waals surface area contributed by atoms with Crippen molar-refractivity contribution in [1.82, 2.24) is 10.2 Å². The van der Waals surface area contributed by atoms with E-state index in [9.17, 15) is 0 Å². The van der Waals surface area contributed by atoms with Gasteiger partial charge in [0.25, 0.3) is 0 Å². The predicted molar refractivity (Wildman–Crippen MR) is 79.8 cm³/mol. The van der Waals surface area contributed by atoms with E-state index in [4.69, 9.17) is 9.47 Å². The Hall–Kier alpha value is -0.160. The lowest BCUT2D eigenvalue weighted by Crippen LogP contribution is -2.44. The highest BCUT2D eigenvalue weighted by atomic mass is 16.5. The number of nitrogens with one attached hydrogen (secondary N) is 1. The van der Waals surface area contributed by atoms with E-state index in [1.165, 1.54) is 58.0 Å². The zero-order valence-electron chi connectivity index (χ0n) is 12.7. The first-order valence-electron chi connectivity index (χ1n) is 8.51. The van der Waals surface area contributed by atoms with Gasteiger partial charge >= 0.3 is 0 Å². The summed E-state index contributed by atoms with van der Waals surface area (Å²) in [5.41, 5.74) is 0.240. The lowest BCUT2D eigenvalue weighted by atomic mass is 9.89. The highest BCUT2D eigenvalue weighted by Gasteiger charge is 2.38. The van der Waals surface area contributed by atoms with Gasteiger partial charge in [-0.1, -0.05) is 0 Å². The van der Waals surface area contributed by atoms with Gasteiger partial charge in [-0.15, -0.1) is 0 Å². The fraction of sp³-hybridized carbons (Fsp3) is 1.00. The summed E-state index contributed by atoms with van der Waals surface area (Å²) in [6.07, 6.45) is 8.85. The van der Waals surface area contributed by atoms with E-state index in [-0.39, 0.29) is 5.60 Å². The van der Waals surface area contributed by atoms with Crippen LogP contribution in [0.4, 0.5) is 0 Å². The fourth-order valence-corrected chi connectivity index (χ4v) is 3.85. The van der Waals surface area contributed by atoms with Gasteiger partial charge in [-0.05, 0) is 64.0 Å². The number of piperidine rings is 2. The first-order valence-corrected chi connectivity index (χ1v) is 8.51. The Bertz CT molecular complexity index is 276. The van der Waals surface area contributed by atoms with E-state index in [2.05, 4.69) is 10.2 Å². The van der Waals surface area contributed by atoms with Crippen molar-refractivity contribution < 1.29 is 9.47 Å². The van der Waals surface area contributed by atoms with Crippen molar-refractivity contribution >= 4 is 0 Å². The van der Waals surface area contributed by atoms with Gasteiger partial charge in [0.2, 0.25) is 0 Å². The summed E-state index contributed by atoms with van der Waals surface area (Å²) in [7, 11) is 0. The average molecular weight is 282 g/mol. The molecule has 1 spiro atoms. The maximum Gasteiger partial charge on any atom is 0.0990 e. The molecule has 4 heteroatoms. The van der Waals surface area contributed by atoms with Gasteiger partial charge in [-0.3, -0.25) is 4.90 Å². The molecule has 4 nitrogen and oxygen atoms in total. The van der Waals surface area contributed by atoms with Crippen LogP contribution >= 0.6 is 0 Å². The summed E-state index contributed by atoms with van der Waals surface area (Å²) < 4.78 is 11.8. The first kappa shape index (κ1) is 14.8. The van der Waals surface area contributed by atoms with Crippen molar-refractivity contribution in [2.24, 2.45) is 5.92 Å². The van der Waals surface area contributed by atoms with Crippen LogP contribution in [0.3, 0.4) is 0 Å². The second kappa shape index (κ2) is 7.21. The molecule has 0 aromatic carbocycles. The van der Waals surface area contributed by atoms with Crippen molar-refractivity contribution in [2.75, 3.05) is 46.1 Å². The van der Waals surface area contributed by atoms with Crippen LogP contribution in [0, 0.1) is 5.92 Å². The molecule has 3 saturated heterocycles. The molecule has 1 N–H and O–H groups in total. The number of rotatable bonds is 5. The first-order chi connectivity index (χ1) is 9.86. The van der Waals surface area contributed by atoms with Crippen LogP contribution < -0.4 is 5.32 Å². The third-order valence-corrected chi connectivity index (χ3v) is 5.30. The van der Waals surface area contributed by atoms with Gasteiger partial charge in [0, 0.05) is 26.3 Å². The molecular formula is C16H30N2O2. The molecule has 0 aromatic heterocycles. The molecule has 1 atom stereocenters. The summed E-state index contributed by atoms with van der Waals surface area (Å²) in [5.74, 6) is 0.834. The van der Waals surface area contributed by atoms with E-state index < -0.39 is 0 Å². The standard InChI is InChI=1S/C16H30N2O2/c1-3-15(13-17-8-1)4-12-19-14-18-9-6-16(7-10-18)5-2-11-20-16/h15,17H,1-14H2. The minimum atomic E-state index is 0.240. The van der Waals surface area contributed by atoms with Gasteiger partial charge in [0.15, 0.2) is 0 Å². The second-order valence-electron chi connectivity index (χ2n) is 6.79. The topological polar surface area (TPSA) is 33.7 Å². The van der Waals surface area contributed by atoms with E-state index in [1.807, 2.05) is 0 Å². The van der Waals surface area contributed by atoms with Crippen LogP contribution in [0.15, 0.2) is 0 Å². The Morgan fingerprint density at radius 3 is 2.80 bits per heavy atom. The van der Waals surface area contributed by atoms with Crippen LogP contribution in [0.2, 0.25) is 0 Å². The minimum Gasteiger partial charge on any atom is -0.375 e. The lowest BCUT2D eigenvalue weighted by Gasteiger charge is -2.38. The Kier molecular flexibility index (Phi) is 5.32. The zero-order chi connectivity index (χ0) is 13.7. The zero-order valence-corrected chi connectivity index (χ0v) is 12.7. The molecule has 3 aliphatic heterocycles. The van der Waals surface area contributed by atoms with Gasteiger partial charge < -0.3 is 14.8 Å². The van der Waals surface area contributed by atoms with Crippen LogP contribution in [-0.4, -0.2) is 56.6 Å². The quantitative estimate of drug-likeness (QED) is 0.782. The second-order valence-corrected chi connectivity index (χ2v) is 6.79. The molecule has 3 rings (SSSR count). The summed E-state index contributed by atoms with van der Waals surface area (Å²) in [6, 6.07) is 0. The fourth-order valence-electron chi connectivity index (χ4n) is 3.85. The average Bonchev–Trinajstić information content (AvgIpc) is 2.95. The summed E-state index contributed by atoms with van der Waals surface area (Å²) >= 11 is 0. The Labute approximate surface area is 123 Å². The third kappa shape index (κ3) is 3.94. The molecule has 3 fully saturated rings. The van der Waals surface area contributed by atoms with Crippen molar-refractivity contribution in [3.8, 4) is 0 Å². The molecule has 0 aliphatic carbocycles. The summed E-state index contributed by atoms with van der Waals surface area (Å²) in [4.78, 5) is 2.45. The van der Waals surface area contributed by atoms with Gasteiger partial charge in [-0.25, -0.2) is 0 Å². The Morgan fingerprint density at radius 2 is 2.10 bits per heavy atom. The Morgan fingerprint density at radius 1 is 1.20 bits per heavy atom. The largest absolute Gasteiger partial charge is 0.375 e. The van der Waals surface area contributed by atoms with Crippen LogP contribution in [0.25, 0.3) is 0 Å². The predicted octanol–water partition coefficient (Wildman–Crippen LogP) is 2.00. The molecule has 0 radical (unpaired) electrons. The molecule has 20 heavy (non-hydrogen) atoms. The maximum absolute atomic E-state index is 5.96. The van der Waals surface area contributed by atoms with Crippen molar-refractivity contribution in [3.63, 3.8) is 0 Å². The van der Waals surface area contributed by atoms with Gasteiger partial charge in [-0.2, -0.15) is 0 Å². The maximum atomic E-state index is 5.96. The monoisotopic (exact) mass is 282 g/mol. The van der Waals surface area contributed by atoms with Crippen LogP contribution in [0.5, 0.6) is 0 Å².